The van der Waals surface area contributed by atoms with Crippen LogP contribution >= 0.6 is 15.9 Å². The summed E-state index contributed by atoms with van der Waals surface area (Å²) in [5, 5.41) is 3.58. The van der Waals surface area contributed by atoms with Crippen molar-refractivity contribution < 1.29 is 4.42 Å². The lowest BCUT2D eigenvalue weighted by Crippen LogP contribution is -2.23. The fraction of sp³-hybridized carbons (Fsp3) is 0.333. The van der Waals surface area contributed by atoms with Gasteiger partial charge in [-0.2, -0.15) is 0 Å². The van der Waals surface area contributed by atoms with Gasteiger partial charge in [0, 0.05) is 5.56 Å². The van der Waals surface area contributed by atoms with Gasteiger partial charge in [-0.05, 0) is 53.0 Å². The van der Waals surface area contributed by atoms with E-state index in [0.29, 0.717) is 0 Å². The summed E-state index contributed by atoms with van der Waals surface area (Å²) in [5.41, 5.74) is 3.74. The van der Waals surface area contributed by atoms with E-state index in [1.165, 1.54) is 11.1 Å². The molecule has 0 saturated heterocycles. The van der Waals surface area contributed by atoms with E-state index in [1.54, 1.807) is 6.26 Å². The van der Waals surface area contributed by atoms with Crippen molar-refractivity contribution in [2.24, 2.45) is 0 Å². The van der Waals surface area contributed by atoms with Gasteiger partial charge < -0.3 is 9.73 Å². The third-order valence-electron chi connectivity index (χ3n) is 3.06. The molecule has 2 nitrogen and oxygen atoms in total. The van der Waals surface area contributed by atoms with Crippen molar-refractivity contribution in [1.29, 1.82) is 0 Å². The molecule has 0 aliphatic heterocycles. The van der Waals surface area contributed by atoms with Crippen LogP contribution < -0.4 is 5.32 Å². The maximum Gasteiger partial charge on any atom is 0.174 e. The highest BCUT2D eigenvalue weighted by molar-refractivity contribution is 9.10. The summed E-state index contributed by atoms with van der Waals surface area (Å²) in [6.45, 7) is 5.30. The van der Waals surface area contributed by atoms with Gasteiger partial charge in [-0.25, -0.2) is 0 Å². The van der Waals surface area contributed by atoms with Crippen molar-refractivity contribution in [2.75, 3.05) is 6.54 Å². The first-order chi connectivity index (χ1) is 8.74. The molecule has 0 bridgehead atoms. The first-order valence-corrected chi connectivity index (χ1v) is 7.05. The summed E-state index contributed by atoms with van der Waals surface area (Å²) in [7, 11) is 0. The number of benzene rings is 1. The van der Waals surface area contributed by atoms with E-state index >= 15 is 0 Å². The van der Waals surface area contributed by atoms with Crippen molar-refractivity contribution in [3.63, 3.8) is 0 Å². The average molecular weight is 308 g/mol. The Balaban J connectivity index is 2.37. The van der Waals surface area contributed by atoms with Crippen molar-refractivity contribution in [2.45, 2.75) is 26.3 Å². The second kappa shape index (κ2) is 6.21. The minimum Gasteiger partial charge on any atom is -0.457 e. The molecule has 1 aromatic heterocycles. The van der Waals surface area contributed by atoms with Crippen LogP contribution in [0.5, 0.6) is 0 Å². The zero-order chi connectivity index (χ0) is 13.0. The smallest absolute Gasteiger partial charge is 0.174 e. The Hall–Kier alpha value is -1.06. The molecule has 0 spiro atoms. The molecule has 3 heteroatoms. The topological polar surface area (TPSA) is 25.2 Å². The fourth-order valence-corrected chi connectivity index (χ4v) is 2.57. The number of furan rings is 1. The second-order valence-corrected chi connectivity index (χ2v) is 5.11. The molecule has 1 unspecified atom stereocenters. The molecule has 0 radical (unpaired) electrons. The molecule has 1 aromatic carbocycles. The molecular formula is C15H18BrNO. The molecule has 2 aromatic rings. The maximum atomic E-state index is 5.36. The van der Waals surface area contributed by atoms with E-state index in [-0.39, 0.29) is 6.04 Å². The van der Waals surface area contributed by atoms with Crippen LogP contribution in [0.15, 0.2) is 45.7 Å². The highest BCUT2D eigenvalue weighted by Crippen LogP contribution is 2.31. The van der Waals surface area contributed by atoms with Gasteiger partial charge in [-0.15, -0.1) is 0 Å². The molecule has 0 saturated carbocycles. The van der Waals surface area contributed by atoms with Crippen LogP contribution in [0, 0.1) is 6.92 Å². The largest absolute Gasteiger partial charge is 0.457 e. The van der Waals surface area contributed by atoms with Gasteiger partial charge in [0.25, 0.3) is 0 Å². The summed E-state index contributed by atoms with van der Waals surface area (Å²) in [6, 6.07) is 10.7. The van der Waals surface area contributed by atoms with Crippen LogP contribution in [0.4, 0.5) is 0 Å². The third kappa shape index (κ3) is 2.85. The minimum absolute atomic E-state index is 0.180. The number of hydrogen-bond acceptors (Lipinski definition) is 2. The number of hydrogen-bond donors (Lipinski definition) is 1. The van der Waals surface area contributed by atoms with Gasteiger partial charge in [-0.3, -0.25) is 0 Å². The Bertz CT molecular complexity index is 507. The zero-order valence-electron chi connectivity index (χ0n) is 10.7. The predicted molar refractivity (Wildman–Crippen MR) is 77.7 cm³/mol. The lowest BCUT2D eigenvalue weighted by molar-refractivity contribution is 0.523. The van der Waals surface area contributed by atoms with Gasteiger partial charge in [0.15, 0.2) is 4.67 Å². The first-order valence-electron chi connectivity index (χ1n) is 6.25. The van der Waals surface area contributed by atoms with Gasteiger partial charge in [-0.1, -0.05) is 31.2 Å². The highest BCUT2D eigenvalue weighted by atomic mass is 79.9. The Morgan fingerprint density at radius 2 is 2.00 bits per heavy atom. The summed E-state index contributed by atoms with van der Waals surface area (Å²) in [6.07, 6.45) is 2.83. The predicted octanol–water partition coefficient (Wildman–Crippen LogP) is 4.44. The number of halogens is 1. The fourth-order valence-electron chi connectivity index (χ4n) is 2.10. The van der Waals surface area contributed by atoms with Crippen molar-refractivity contribution in [1.82, 2.24) is 5.32 Å². The average Bonchev–Trinajstić information content (AvgIpc) is 2.78. The zero-order valence-corrected chi connectivity index (χ0v) is 12.3. The lowest BCUT2D eigenvalue weighted by Gasteiger charge is -2.20. The molecule has 1 N–H and O–H groups in total. The summed E-state index contributed by atoms with van der Waals surface area (Å²) < 4.78 is 6.17. The van der Waals surface area contributed by atoms with E-state index in [9.17, 15) is 0 Å². The van der Waals surface area contributed by atoms with Gasteiger partial charge in [0.2, 0.25) is 0 Å². The molecule has 18 heavy (non-hydrogen) atoms. The second-order valence-electron chi connectivity index (χ2n) is 4.39. The van der Waals surface area contributed by atoms with Crippen LogP contribution in [-0.4, -0.2) is 6.54 Å². The van der Waals surface area contributed by atoms with E-state index in [2.05, 4.69) is 59.4 Å². The minimum atomic E-state index is 0.180. The molecule has 1 atom stereocenters. The Morgan fingerprint density at radius 3 is 2.61 bits per heavy atom. The highest BCUT2D eigenvalue weighted by Gasteiger charge is 2.19. The van der Waals surface area contributed by atoms with Gasteiger partial charge in [0.05, 0.1) is 12.3 Å². The van der Waals surface area contributed by atoms with Crippen LogP contribution in [0.3, 0.4) is 0 Å². The SMILES string of the molecule is CCCNC(c1ccccc1C)c1ccoc1Br. The number of nitrogens with one attached hydrogen (secondary N) is 1. The number of rotatable bonds is 5. The molecule has 0 amide bonds. The van der Waals surface area contributed by atoms with Crippen molar-refractivity contribution in [3.8, 4) is 0 Å². The lowest BCUT2D eigenvalue weighted by atomic mass is 9.97. The Labute approximate surface area is 117 Å². The summed E-state index contributed by atoms with van der Waals surface area (Å²) in [5.74, 6) is 0. The van der Waals surface area contributed by atoms with Gasteiger partial charge in [0.1, 0.15) is 0 Å². The third-order valence-corrected chi connectivity index (χ3v) is 3.70. The van der Waals surface area contributed by atoms with E-state index in [0.717, 1.165) is 23.2 Å². The normalized spacial score (nSPS) is 12.6. The maximum absolute atomic E-state index is 5.36. The van der Waals surface area contributed by atoms with Crippen molar-refractivity contribution >= 4 is 15.9 Å². The quantitative estimate of drug-likeness (QED) is 0.883. The van der Waals surface area contributed by atoms with Crippen LogP contribution in [-0.2, 0) is 0 Å². The van der Waals surface area contributed by atoms with E-state index in [4.69, 9.17) is 4.42 Å². The van der Waals surface area contributed by atoms with E-state index in [1.807, 2.05) is 6.07 Å². The molecule has 0 aliphatic rings. The molecule has 96 valence electrons. The monoisotopic (exact) mass is 307 g/mol. The summed E-state index contributed by atoms with van der Waals surface area (Å²) >= 11 is 3.47. The van der Waals surface area contributed by atoms with Crippen LogP contribution in [0.25, 0.3) is 0 Å². The first kappa shape index (κ1) is 13.4. The standard InChI is InChI=1S/C15H18BrNO/c1-3-9-17-14(13-8-10-18-15(13)16)12-7-5-4-6-11(12)2/h4-8,10,14,17H,3,9H2,1-2H3. The molecule has 1 heterocycles. The molecular weight excluding hydrogens is 290 g/mol. The van der Waals surface area contributed by atoms with E-state index < -0.39 is 0 Å². The van der Waals surface area contributed by atoms with Crippen LogP contribution in [0.1, 0.15) is 36.1 Å². The Morgan fingerprint density at radius 1 is 1.22 bits per heavy atom. The molecule has 2 rings (SSSR count). The molecule has 0 aliphatic carbocycles. The van der Waals surface area contributed by atoms with Gasteiger partial charge >= 0.3 is 0 Å². The number of aryl methyl sites for hydroxylation is 1. The summed E-state index contributed by atoms with van der Waals surface area (Å²) in [4.78, 5) is 0. The van der Waals surface area contributed by atoms with Crippen molar-refractivity contribution in [3.05, 3.63) is 58.0 Å². The molecule has 0 fully saturated rings. The van der Waals surface area contributed by atoms with Crippen LogP contribution in [0.2, 0.25) is 0 Å². The Kier molecular flexibility index (Phi) is 4.61.